The molecule has 2 heterocycles. The number of benzene rings is 4. The third-order valence-electron chi connectivity index (χ3n) is 7.14. The first-order valence-corrected chi connectivity index (χ1v) is 11.9. The molecule has 0 aromatic heterocycles. The molecule has 2 aliphatic heterocycles. The van der Waals surface area contributed by atoms with E-state index < -0.39 is 5.41 Å². The zero-order valence-electron chi connectivity index (χ0n) is 18.6. The summed E-state index contributed by atoms with van der Waals surface area (Å²) in [7, 11) is 0. The van der Waals surface area contributed by atoms with E-state index in [1.165, 1.54) is 0 Å². The first kappa shape index (κ1) is 21.2. The van der Waals surface area contributed by atoms with Gasteiger partial charge in [-0.1, -0.05) is 89.9 Å². The lowest BCUT2D eigenvalue weighted by Crippen LogP contribution is -2.45. The Hall–Kier alpha value is -3.33. The number of amides is 1. The van der Waals surface area contributed by atoms with Crippen LogP contribution in [0, 0.1) is 6.92 Å². The third-order valence-corrected chi connectivity index (χ3v) is 7.65. The van der Waals surface area contributed by atoms with E-state index in [0.29, 0.717) is 10.0 Å². The molecule has 1 unspecified atom stereocenters. The van der Waals surface area contributed by atoms with Gasteiger partial charge in [-0.15, -0.1) is 0 Å². The zero-order chi connectivity index (χ0) is 23.6. The van der Waals surface area contributed by atoms with Gasteiger partial charge in [-0.2, -0.15) is 0 Å². The molecule has 1 amide bonds. The van der Waals surface area contributed by atoms with Crippen LogP contribution >= 0.6 is 23.2 Å². The minimum absolute atomic E-state index is 0.00710. The van der Waals surface area contributed by atoms with Gasteiger partial charge >= 0.3 is 0 Å². The summed E-state index contributed by atoms with van der Waals surface area (Å²) in [6.07, 6.45) is 0. The summed E-state index contributed by atoms with van der Waals surface area (Å²) in [6, 6.07) is 29.8. The number of nitrogens with zero attached hydrogens (tertiary/aromatic N) is 1. The van der Waals surface area contributed by atoms with Gasteiger partial charge in [0.15, 0.2) is 0 Å². The number of hydrogen-bond donors (Lipinski definition) is 0. The number of halogens is 2. The minimum atomic E-state index is -0.699. The highest BCUT2D eigenvalue weighted by Crippen LogP contribution is 2.59. The molecule has 0 saturated heterocycles. The molecule has 0 aliphatic carbocycles. The van der Waals surface area contributed by atoms with E-state index in [1.54, 1.807) is 0 Å². The van der Waals surface area contributed by atoms with E-state index >= 15 is 0 Å². The van der Waals surface area contributed by atoms with Crippen LogP contribution in [0.5, 0.6) is 0 Å². The van der Waals surface area contributed by atoms with Gasteiger partial charge in [0.2, 0.25) is 0 Å². The van der Waals surface area contributed by atoms with Crippen molar-refractivity contribution in [2.45, 2.75) is 18.4 Å². The Balaban J connectivity index is 1.76. The summed E-state index contributed by atoms with van der Waals surface area (Å²) in [4.78, 5) is 15.6. The summed E-state index contributed by atoms with van der Waals surface area (Å²) in [5, 5.41) is 1.34. The maximum Gasteiger partial charge on any atom is 0.259 e. The lowest BCUT2D eigenvalue weighted by Gasteiger charge is -2.48. The van der Waals surface area contributed by atoms with Crippen LogP contribution in [0.3, 0.4) is 0 Å². The predicted molar refractivity (Wildman–Crippen MR) is 139 cm³/mol. The molecule has 0 saturated carbocycles. The van der Waals surface area contributed by atoms with Crippen molar-refractivity contribution < 1.29 is 4.79 Å². The average Bonchev–Trinajstić information content (AvgIpc) is 3.14. The average molecular weight is 482 g/mol. The summed E-state index contributed by atoms with van der Waals surface area (Å²) >= 11 is 12.6. The van der Waals surface area contributed by atoms with E-state index in [4.69, 9.17) is 29.8 Å². The van der Waals surface area contributed by atoms with Gasteiger partial charge in [0.25, 0.3) is 5.91 Å². The molecular weight excluding hydrogens is 461 g/mol. The molecule has 4 aromatic rings. The van der Waals surface area contributed by atoms with Crippen molar-refractivity contribution in [1.82, 2.24) is 0 Å². The first-order chi connectivity index (χ1) is 16.4. The summed E-state index contributed by atoms with van der Waals surface area (Å²) in [6.45, 7) is 6.78. The highest BCUT2D eigenvalue weighted by Gasteiger charge is 2.54. The number of rotatable bonds is 2. The molecule has 0 radical (unpaired) electrons. The molecule has 166 valence electrons. The van der Waals surface area contributed by atoms with Gasteiger partial charge in [-0.3, -0.25) is 9.69 Å². The zero-order valence-corrected chi connectivity index (χ0v) is 20.1. The number of carbonyl (C=O) groups excluding carboxylic acids is 1. The second-order valence-corrected chi connectivity index (χ2v) is 9.85. The topological polar surface area (TPSA) is 20.3 Å². The number of anilines is 1. The fourth-order valence-corrected chi connectivity index (χ4v) is 5.95. The van der Waals surface area contributed by atoms with Crippen LogP contribution in [0.2, 0.25) is 10.0 Å². The highest BCUT2D eigenvalue weighted by atomic mass is 35.5. The Bertz CT molecular complexity index is 1430. The lowest BCUT2D eigenvalue weighted by molar-refractivity contribution is 0.0991. The van der Waals surface area contributed by atoms with Crippen molar-refractivity contribution in [1.29, 1.82) is 0 Å². The Kier molecular flexibility index (Phi) is 4.74. The molecule has 4 heteroatoms. The largest absolute Gasteiger partial charge is 0.297 e. The molecule has 4 aromatic carbocycles. The predicted octanol–water partition coefficient (Wildman–Crippen LogP) is 7.91. The second-order valence-electron chi connectivity index (χ2n) is 8.97. The van der Waals surface area contributed by atoms with Crippen LogP contribution in [0.15, 0.2) is 103 Å². The van der Waals surface area contributed by atoms with Crippen molar-refractivity contribution >= 4 is 34.8 Å². The van der Waals surface area contributed by atoms with Crippen LogP contribution in [0.25, 0.3) is 0 Å². The quantitative estimate of drug-likeness (QED) is 0.266. The first-order valence-electron chi connectivity index (χ1n) is 11.2. The molecule has 0 bridgehead atoms. The Morgan fingerprint density at radius 3 is 2.03 bits per heavy atom. The third kappa shape index (κ3) is 2.79. The van der Waals surface area contributed by atoms with Crippen LogP contribution in [0.4, 0.5) is 5.69 Å². The standard InChI is InChI=1S/C30H21Cl2NO/c1-18-7-16-27-26(17-18)30(20-8-12-22(31)13-9-20,21-10-14-23(32)15-11-21)19(2)28-24-5-3-4-6-25(24)29(34)33(27)28/h3-17,28H,2H2,1H3. The summed E-state index contributed by atoms with van der Waals surface area (Å²) in [5.74, 6) is 0.00710. The molecule has 2 aliphatic rings. The molecule has 0 spiro atoms. The van der Waals surface area contributed by atoms with Crippen LogP contribution in [0.1, 0.15) is 44.2 Å². The van der Waals surface area contributed by atoms with Gasteiger partial charge in [-0.25, -0.2) is 0 Å². The highest BCUT2D eigenvalue weighted by molar-refractivity contribution is 6.30. The van der Waals surface area contributed by atoms with E-state index in [9.17, 15) is 4.79 Å². The van der Waals surface area contributed by atoms with Gasteiger partial charge in [0, 0.05) is 21.3 Å². The molecule has 2 nitrogen and oxygen atoms in total. The Morgan fingerprint density at radius 2 is 1.41 bits per heavy atom. The van der Waals surface area contributed by atoms with Gasteiger partial charge in [-0.05, 0) is 71.1 Å². The SMILES string of the molecule is C=C1C2c3ccccc3C(=O)N2c2ccc(C)cc2C1(c1ccc(Cl)cc1)c1ccc(Cl)cc1. The van der Waals surface area contributed by atoms with Crippen LogP contribution in [-0.4, -0.2) is 5.91 Å². The van der Waals surface area contributed by atoms with E-state index in [-0.39, 0.29) is 11.9 Å². The lowest BCUT2D eigenvalue weighted by atomic mass is 9.60. The fraction of sp³-hybridized carbons (Fsp3) is 0.100. The van der Waals surface area contributed by atoms with Crippen molar-refractivity contribution in [2.24, 2.45) is 0 Å². The summed E-state index contributed by atoms with van der Waals surface area (Å²) < 4.78 is 0. The van der Waals surface area contributed by atoms with Gasteiger partial charge < -0.3 is 0 Å². The Morgan fingerprint density at radius 1 is 0.824 bits per heavy atom. The van der Waals surface area contributed by atoms with E-state index in [1.807, 2.05) is 53.4 Å². The number of hydrogen-bond acceptors (Lipinski definition) is 1. The maximum absolute atomic E-state index is 13.6. The van der Waals surface area contributed by atoms with Gasteiger partial charge in [0.1, 0.15) is 0 Å². The molecule has 0 fully saturated rings. The fourth-order valence-electron chi connectivity index (χ4n) is 5.69. The number of carbonyl (C=O) groups is 1. The van der Waals surface area contributed by atoms with Crippen LogP contribution in [-0.2, 0) is 5.41 Å². The molecule has 1 atom stereocenters. The Labute approximate surface area is 209 Å². The van der Waals surface area contributed by atoms with Crippen molar-refractivity contribution in [2.75, 3.05) is 4.90 Å². The van der Waals surface area contributed by atoms with E-state index in [0.717, 1.165) is 44.6 Å². The monoisotopic (exact) mass is 481 g/mol. The second kappa shape index (κ2) is 7.59. The van der Waals surface area contributed by atoms with Crippen LogP contribution < -0.4 is 4.90 Å². The number of fused-ring (bicyclic) bond motifs is 5. The molecule has 6 rings (SSSR count). The smallest absolute Gasteiger partial charge is 0.259 e. The van der Waals surface area contributed by atoms with E-state index in [2.05, 4.69) is 49.4 Å². The van der Waals surface area contributed by atoms with Crippen molar-refractivity contribution in [3.8, 4) is 0 Å². The minimum Gasteiger partial charge on any atom is -0.297 e. The van der Waals surface area contributed by atoms with Crippen molar-refractivity contribution in [3.63, 3.8) is 0 Å². The normalized spacial score (nSPS) is 17.9. The molecular formula is C30H21Cl2NO. The van der Waals surface area contributed by atoms with Gasteiger partial charge in [0.05, 0.1) is 11.5 Å². The molecule has 34 heavy (non-hydrogen) atoms. The number of aryl methyl sites for hydroxylation is 1. The maximum atomic E-state index is 13.6. The molecule has 0 N–H and O–H groups in total. The van der Waals surface area contributed by atoms with Crippen molar-refractivity contribution in [3.05, 3.63) is 147 Å². The summed E-state index contributed by atoms with van der Waals surface area (Å²) in [5.41, 5.74) is 7.07.